The number of benzene rings is 1. The van der Waals surface area contributed by atoms with E-state index in [1.54, 1.807) is 25.3 Å². The van der Waals surface area contributed by atoms with E-state index in [9.17, 15) is 14.7 Å². The van der Waals surface area contributed by atoms with Crippen molar-refractivity contribution >= 4 is 11.9 Å². The highest BCUT2D eigenvalue weighted by atomic mass is 16.5. The summed E-state index contributed by atoms with van der Waals surface area (Å²) in [6.45, 7) is 0.0841. The van der Waals surface area contributed by atoms with Crippen LogP contribution < -0.4 is 4.74 Å². The normalized spacial score (nSPS) is 19.8. The number of aliphatic hydroxyl groups excluding tert-OH is 1. The first kappa shape index (κ1) is 17.0. The second-order valence-corrected chi connectivity index (χ2v) is 5.96. The van der Waals surface area contributed by atoms with Crippen LogP contribution in [0.1, 0.15) is 27.8 Å². The SMILES string of the molecule is COc1cccc([C@@H]2CN(C(=O)c3ccc(CO)o3)C[C@H]2C(=O)O)c1. The molecule has 2 heterocycles. The first-order valence-corrected chi connectivity index (χ1v) is 7.89. The second-order valence-electron chi connectivity index (χ2n) is 5.96. The van der Waals surface area contributed by atoms with Crippen LogP contribution in [0.3, 0.4) is 0 Å². The summed E-state index contributed by atoms with van der Waals surface area (Å²) in [5, 5.41) is 18.6. The number of furan rings is 1. The molecule has 0 radical (unpaired) electrons. The minimum absolute atomic E-state index is 0.0967. The number of rotatable bonds is 5. The van der Waals surface area contributed by atoms with Crippen LogP contribution in [0.5, 0.6) is 5.75 Å². The Morgan fingerprint density at radius 3 is 2.72 bits per heavy atom. The van der Waals surface area contributed by atoms with E-state index in [4.69, 9.17) is 14.3 Å². The van der Waals surface area contributed by atoms with Crippen LogP contribution >= 0.6 is 0 Å². The molecule has 3 rings (SSSR count). The lowest BCUT2D eigenvalue weighted by Crippen LogP contribution is -2.29. The molecule has 132 valence electrons. The lowest BCUT2D eigenvalue weighted by atomic mass is 9.89. The minimum Gasteiger partial charge on any atom is -0.497 e. The van der Waals surface area contributed by atoms with Gasteiger partial charge in [-0.2, -0.15) is 0 Å². The van der Waals surface area contributed by atoms with Crippen molar-refractivity contribution in [3.05, 3.63) is 53.5 Å². The van der Waals surface area contributed by atoms with Crippen LogP contribution in [-0.2, 0) is 11.4 Å². The van der Waals surface area contributed by atoms with Crippen molar-refractivity contribution in [3.63, 3.8) is 0 Å². The van der Waals surface area contributed by atoms with Gasteiger partial charge in [0.2, 0.25) is 0 Å². The van der Waals surface area contributed by atoms with E-state index in [0.717, 1.165) is 5.56 Å². The van der Waals surface area contributed by atoms with Gasteiger partial charge in [-0.3, -0.25) is 9.59 Å². The number of aliphatic carboxylic acids is 1. The number of nitrogens with zero attached hydrogens (tertiary/aromatic N) is 1. The number of hydrogen-bond donors (Lipinski definition) is 2. The predicted molar refractivity (Wildman–Crippen MR) is 87.4 cm³/mol. The van der Waals surface area contributed by atoms with Gasteiger partial charge < -0.3 is 24.3 Å². The van der Waals surface area contributed by atoms with Gasteiger partial charge in [0.25, 0.3) is 5.91 Å². The first-order chi connectivity index (χ1) is 12.0. The van der Waals surface area contributed by atoms with Gasteiger partial charge in [-0.05, 0) is 29.8 Å². The van der Waals surface area contributed by atoms with Gasteiger partial charge in [-0.15, -0.1) is 0 Å². The molecule has 7 nitrogen and oxygen atoms in total. The Morgan fingerprint density at radius 1 is 1.28 bits per heavy atom. The maximum Gasteiger partial charge on any atom is 0.308 e. The Hall–Kier alpha value is -2.80. The molecular weight excluding hydrogens is 326 g/mol. The maximum absolute atomic E-state index is 12.6. The molecule has 2 aromatic rings. The molecule has 1 aliphatic heterocycles. The molecule has 25 heavy (non-hydrogen) atoms. The summed E-state index contributed by atoms with van der Waals surface area (Å²) < 4.78 is 10.5. The summed E-state index contributed by atoms with van der Waals surface area (Å²) in [5.41, 5.74) is 0.817. The Balaban J connectivity index is 1.84. The lowest BCUT2D eigenvalue weighted by molar-refractivity contribution is -0.141. The smallest absolute Gasteiger partial charge is 0.308 e. The third-order valence-corrected chi connectivity index (χ3v) is 4.47. The number of hydrogen-bond acceptors (Lipinski definition) is 5. The van der Waals surface area contributed by atoms with E-state index in [1.165, 1.54) is 17.0 Å². The molecule has 0 bridgehead atoms. The number of amides is 1. The predicted octanol–water partition coefficient (Wildman–Crippen LogP) is 1.72. The molecule has 0 saturated carbocycles. The van der Waals surface area contributed by atoms with Gasteiger partial charge in [0.1, 0.15) is 18.1 Å². The fourth-order valence-corrected chi connectivity index (χ4v) is 3.16. The van der Waals surface area contributed by atoms with Gasteiger partial charge in [-0.1, -0.05) is 12.1 Å². The number of carboxylic acids is 1. The van der Waals surface area contributed by atoms with Crippen LogP contribution in [0, 0.1) is 5.92 Å². The summed E-state index contributed by atoms with van der Waals surface area (Å²) in [5.74, 6) is -1.33. The van der Waals surface area contributed by atoms with E-state index in [2.05, 4.69) is 0 Å². The Kier molecular flexibility index (Phi) is 4.76. The molecule has 1 aliphatic rings. The molecule has 0 unspecified atom stereocenters. The number of methoxy groups -OCH3 is 1. The summed E-state index contributed by atoms with van der Waals surface area (Å²) in [6, 6.07) is 10.2. The summed E-state index contributed by atoms with van der Waals surface area (Å²) in [6.07, 6.45) is 0. The maximum atomic E-state index is 12.6. The highest BCUT2D eigenvalue weighted by molar-refractivity contribution is 5.92. The molecule has 7 heteroatoms. The van der Waals surface area contributed by atoms with Crippen molar-refractivity contribution in [2.75, 3.05) is 20.2 Å². The van der Waals surface area contributed by atoms with Crippen molar-refractivity contribution < 1.29 is 29.0 Å². The molecule has 2 N–H and O–H groups in total. The van der Waals surface area contributed by atoms with Crippen molar-refractivity contribution in [1.29, 1.82) is 0 Å². The van der Waals surface area contributed by atoms with E-state index in [-0.39, 0.29) is 37.3 Å². The van der Waals surface area contributed by atoms with Crippen LogP contribution in [-0.4, -0.2) is 47.2 Å². The molecule has 1 aromatic heterocycles. The van der Waals surface area contributed by atoms with Crippen molar-refractivity contribution in [2.24, 2.45) is 5.92 Å². The highest BCUT2D eigenvalue weighted by Gasteiger charge is 2.41. The molecule has 1 amide bonds. The van der Waals surface area contributed by atoms with E-state index in [0.29, 0.717) is 11.5 Å². The Bertz CT molecular complexity index is 783. The highest BCUT2D eigenvalue weighted by Crippen LogP contribution is 2.35. The van der Waals surface area contributed by atoms with E-state index >= 15 is 0 Å². The topological polar surface area (TPSA) is 100 Å². The van der Waals surface area contributed by atoms with Crippen LogP contribution in [0.2, 0.25) is 0 Å². The van der Waals surface area contributed by atoms with Crippen LogP contribution in [0.25, 0.3) is 0 Å². The standard InChI is InChI=1S/C18H19NO6/c1-24-12-4-2-3-11(7-12)14-8-19(9-15(14)18(22)23)17(21)16-6-5-13(10-20)25-16/h2-7,14-15,20H,8-10H2,1H3,(H,22,23)/t14-,15+/m0/s1. The van der Waals surface area contributed by atoms with Crippen LogP contribution in [0.15, 0.2) is 40.8 Å². The number of likely N-dealkylation sites (tertiary alicyclic amines) is 1. The van der Waals surface area contributed by atoms with Crippen LogP contribution in [0.4, 0.5) is 0 Å². The van der Waals surface area contributed by atoms with E-state index < -0.39 is 11.9 Å². The van der Waals surface area contributed by atoms with E-state index in [1.807, 2.05) is 6.07 Å². The number of carbonyl (C=O) groups is 2. The lowest BCUT2D eigenvalue weighted by Gasteiger charge is -2.16. The number of ether oxygens (including phenoxy) is 1. The molecule has 0 aliphatic carbocycles. The third kappa shape index (κ3) is 3.36. The van der Waals surface area contributed by atoms with Crippen molar-refractivity contribution in [2.45, 2.75) is 12.5 Å². The average Bonchev–Trinajstić information content (AvgIpc) is 3.28. The fraction of sp³-hybridized carbons (Fsp3) is 0.333. The molecule has 0 spiro atoms. The quantitative estimate of drug-likeness (QED) is 0.856. The summed E-state index contributed by atoms with van der Waals surface area (Å²) in [4.78, 5) is 25.7. The zero-order valence-corrected chi connectivity index (χ0v) is 13.7. The average molecular weight is 345 g/mol. The largest absolute Gasteiger partial charge is 0.497 e. The van der Waals surface area contributed by atoms with Gasteiger partial charge in [0.15, 0.2) is 5.76 Å². The summed E-state index contributed by atoms with van der Waals surface area (Å²) >= 11 is 0. The second kappa shape index (κ2) is 6.98. The number of carboxylic acid groups (broad SMARTS) is 1. The zero-order chi connectivity index (χ0) is 18.0. The van der Waals surface area contributed by atoms with Crippen molar-refractivity contribution in [3.8, 4) is 5.75 Å². The zero-order valence-electron chi connectivity index (χ0n) is 13.7. The molecule has 1 saturated heterocycles. The Labute approximate surface area is 144 Å². The summed E-state index contributed by atoms with van der Waals surface area (Å²) in [7, 11) is 1.55. The van der Waals surface area contributed by atoms with Gasteiger partial charge in [0, 0.05) is 19.0 Å². The van der Waals surface area contributed by atoms with Crippen molar-refractivity contribution in [1.82, 2.24) is 4.90 Å². The van der Waals surface area contributed by atoms with Gasteiger partial charge >= 0.3 is 5.97 Å². The third-order valence-electron chi connectivity index (χ3n) is 4.47. The number of carbonyl (C=O) groups excluding carboxylic acids is 1. The molecular formula is C18H19NO6. The van der Waals surface area contributed by atoms with Gasteiger partial charge in [0.05, 0.1) is 13.0 Å². The monoisotopic (exact) mass is 345 g/mol. The fourth-order valence-electron chi connectivity index (χ4n) is 3.16. The number of aliphatic hydroxyl groups is 1. The molecule has 2 atom stereocenters. The molecule has 1 fully saturated rings. The van der Waals surface area contributed by atoms with Gasteiger partial charge in [-0.25, -0.2) is 0 Å². The minimum atomic E-state index is -0.946. The Morgan fingerprint density at radius 2 is 2.08 bits per heavy atom. The first-order valence-electron chi connectivity index (χ1n) is 7.89. The molecule has 1 aromatic carbocycles.